The molecule has 1 fully saturated rings. The molecular weight excluding hydrogens is 305 g/mol. The summed E-state index contributed by atoms with van der Waals surface area (Å²) in [5.74, 6) is -2.15. The molecule has 0 aromatic carbocycles. The molecule has 132 valence electrons. The molecule has 1 saturated carbocycles. The lowest BCUT2D eigenvalue weighted by Gasteiger charge is -2.41. The minimum Gasteiger partial charge on any atom is -0.480 e. The minimum absolute atomic E-state index is 0.00968. The molecule has 1 aliphatic rings. The van der Waals surface area contributed by atoms with E-state index in [1.54, 1.807) is 0 Å². The van der Waals surface area contributed by atoms with E-state index in [1.807, 2.05) is 0 Å². The molecule has 0 saturated heterocycles. The Hall–Kier alpha value is -1.20. The van der Waals surface area contributed by atoms with Gasteiger partial charge in [-0.05, 0) is 31.5 Å². The van der Waals surface area contributed by atoms with Gasteiger partial charge in [-0.25, -0.2) is 0 Å². The van der Waals surface area contributed by atoms with Gasteiger partial charge < -0.3 is 37.0 Å². The average Bonchev–Trinajstić information content (AvgIpc) is 2.50. The number of carbonyl (C=O) groups excluding carboxylic acids is 1. The van der Waals surface area contributed by atoms with Gasteiger partial charge in [0.15, 0.2) is 0 Å². The average molecular weight is 331 g/mol. The molecule has 9 nitrogen and oxygen atoms in total. The third kappa shape index (κ3) is 5.43. The highest BCUT2D eigenvalue weighted by Crippen LogP contribution is 2.37. The zero-order valence-corrected chi connectivity index (χ0v) is 13.0. The first-order valence-electron chi connectivity index (χ1n) is 7.73. The summed E-state index contributed by atoms with van der Waals surface area (Å²) in [6, 6.07) is -1.05. The SMILES string of the molecule is N[C@@H](CO)C(=O)NC[C@@H]1CC[C@@H](CCB(O)O)C[C@]1(N)C(=O)O. The van der Waals surface area contributed by atoms with Gasteiger partial charge in [0.2, 0.25) is 5.91 Å². The summed E-state index contributed by atoms with van der Waals surface area (Å²) in [6.07, 6.45) is 2.07. The molecule has 0 radical (unpaired) electrons. The Balaban J connectivity index is 2.66. The second-order valence-corrected chi connectivity index (χ2v) is 6.28. The maximum Gasteiger partial charge on any atom is 0.451 e. The number of amides is 1. The molecule has 0 bridgehead atoms. The van der Waals surface area contributed by atoms with Crippen LogP contribution in [0.2, 0.25) is 6.32 Å². The van der Waals surface area contributed by atoms with Gasteiger partial charge in [0, 0.05) is 12.5 Å². The number of carboxylic acids is 1. The van der Waals surface area contributed by atoms with Crippen molar-refractivity contribution in [3.8, 4) is 0 Å². The van der Waals surface area contributed by atoms with E-state index in [9.17, 15) is 14.7 Å². The van der Waals surface area contributed by atoms with Crippen LogP contribution in [0.1, 0.15) is 25.7 Å². The van der Waals surface area contributed by atoms with Gasteiger partial charge in [0.05, 0.1) is 6.61 Å². The summed E-state index contributed by atoms with van der Waals surface area (Å²) in [5, 5.41) is 38.7. The van der Waals surface area contributed by atoms with Gasteiger partial charge in [-0.3, -0.25) is 9.59 Å². The number of nitrogens with two attached hydrogens (primary N) is 2. The summed E-state index contributed by atoms with van der Waals surface area (Å²) >= 11 is 0. The molecule has 1 aliphatic carbocycles. The van der Waals surface area contributed by atoms with Crippen LogP contribution in [0.3, 0.4) is 0 Å². The van der Waals surface area contributed by atoms with Crippen molar-refractivity contribution in [1.82, 2.24) is 5.32 Å². The molecule has 0 unspecified atom stereocenters. The second kappa shape index (κ2) is 8.60. The Labute approximate surface area is 135 Å². The van der Waals surface area contributed by atoms with E-state index >= 15 is 0 Å². The summed E-state index contributed by atoms with van der Waals surface area (Å²) in [6.45, 7) is -0.417. The fraction of sp³-hybridized carbons (Fsp3) is 0.846. The van der Waals surface area contributed by atoms with E-state index in [4.69, 9.17) is 26.6 Å². The highest BCUT2D eigenvalue weighted by atomic mass is 16.4. The van der Waals surface area contributed by atoms with Crippen molar-refractivity contribution >= 4 is 19.0 Å². The third-order valence-corrected chi connectivity index (χ3v) is 4.57. The van der Waals surface area contributed by atoms with E-state index in [1.165, 1.54) is 0 Å². The molecule has 1 rings (SSSR count). The van der Waals surface area contributed by atoms with Gasteiger partial charge >= 0.3 is 13.1 Å². The lowest BCUT2D eigenvalue weighted by atomic mass is 9.66. The first-order chi connectivity index (χ1) is 10.7. The number of rotatable bonds is 8. The molecule has 0 heterocycles. The van der Waals surface area contributed by atoms with Gasteiger partial charge in [-0.2, -0.15) is 0 Å². The van der Waals surface area contributed by atoms with Crippen LogP contribution in [0.4, 0.5) is 0 Å². The zero-order valence-electron chi connectivity index (χ0n) is 13.0. The monoisotopic (exact) mass is 331 g/mol. The summed E-state index contributed by atoms with van der Waals surface area (Å²) in [5.41, 5.74) is 9.99. The highest BCUT2D eigenvalue weighted by Gasteiger charge is 2.46. The van der Waals surface area contributed by atoms with Crippen LogP contribution in [0, 0.1) is 11.8 Å². The van der Waals surface area contributed by atoms with Crippen molar-refractivity contribution in [2.45, 2.75) is 43.6 Å². The quantitative estimate of drug-likeness (QED) is 0.238. The summed E-state index contributed by atoms with van der Waals surface area (Å²) in [4.78, 5) is 23.2. The van der Waals surface area contributed by atoms with Crippen LogP contribution in [0.15, 0.2) is 0 Å². The van der Waals surface area contributed by atoms with Gasteiger partial charge in [0.1, 0.15) is 11.6 Å². The zero-order chi connectivity index (χ0) is 17.6. The Morgan fingerprint density at radius 3 is 2.52 bits per heavy atom. The van der Waals surface area contributed by atoms with Crippen LogP contribution < -0.4 is 16.8 Å². The third-order valence-electron chi connectivity index (χ3n) is 4.57. The second-order valence-electron chi connectivity index (χ2n) is 6.28. The van der Waals surface area contributed by atoms with Crippen LogP contribution in [-0.2, 0) is 9.59 Å². The fourth-order valence-corrected chi connectivity index (χ4v) is 3.06. The normalized spacial score (nSPS) is 28.9. The molecule has 0 aromatic heterocycles. The van der Waals surface area contributed by atoms with E-state index in [2.05, 4.69) is 5.32 Å². The standard InChI is InChI=1S/C13H26BN3O6/c15-10(7-18)11(19)17-6-9-2-1-8(3-4-14(22)23)5-13(9,16)12(20)21/h8-10,18,22-23H,1-7,15-16H2,(H,17,19)(H,20,21)/t8-,9-,10-,13+/m0/s1. The molecule has 9 N–H and O–H groups in total. The molecule has 10 heteroatoms. The van der Waals surface area contributed by atoms with Crippen molar-refractivity contribution in [1.29, 1.82) is 0 Å². The van der Waals surface area contributed by atoms with Crippen LogP contribution in [0.5, 0.6) is 0 Å². The Kier molecular flexibility index (Phi) is 7.42. The highest BCUT2D eigenvalue weighted by molar-refractivity contribution is 6.40. The molecule has 1 amide bonds. The molecule has 0 aliphatic heterocycles. The number of aliphatic hydroxyl groups is 1. The van der Waals surface area contributed by atoms with E-state index in [0.717, 1.165) is 0 Å². The van der Waals surface area contributed by atoms with E-state index in [0.29, 0.717) is 19.3 Å². The molecular formula is C13H26BN3O6. The Morgan fingerprint density at radius 1 is 1.35 bits per heavy atom. The number of hydrogen-bond donors (Lipinski definition) is 7. The smallest absolute Gasteiger partial charge is 0.451 e. The van der Waals surface area contributed by atoms with Gasteiger partial charge in [-0.15, -0.1) is 0 Å². The maximum atomic E-state index is 11.6. The summed E-state index contributed by atoms with van der Waals surface area (Å²) < 4.78 is 0. The first-order valence-corrected chi connectivity index (χ1v) is 7.73. The lowest BCUT2D eigenvalue weighted by molar-refractivity contribution is -0.148. The predicted octanol–water partition coefficient (Wildman–Crippen LogP) is -2.52. The topological polar surface area (TPSA) is 179 Å². The van der Waals surface area contributed by atoms with Gasteiger partial charge in [0.25, 0.3) is 0 Å². The van der Waals surface area contributed by atoms with Crippen molar-refractivity contribution in [3.63, 3.8) is 0 Å². The van der Waals surface area contributed by atoms with Crippen LogP contribution in [-0.4, -0.2) is 64.0 Å². The van der Waals surface area contributed by atoms with E-state index < -0.39 is 43.1 Å². The molecule has 4 atom stereocenters. The molecule has 0 aromatic rings. The fourth-order valence-electron chi connectivity index (χ4n) is 3.06. The maximum absolute atomic E-state index is 11.6. The summed E-state index contributed by atoms with van der Waals surface area (Å²) in [7, 11) is -1.41. The minimum atomic E-state index is -1.49. The number of carbonyl (C=O) groups is 2. The largest absolute Gasteiger partial charge is 0.480 e. The number of nitrogens with one attached hydrogen (secondary N) is 1. The van der Waals surface area contributed by atoms with Gasteiger partial charge in [-0.1, -0.05) is 6.42 Å². The Morgan fingerprint density at radius 2 is 2.00 bits per heavy atom. The van der Waals surface area contributed by atoms with Crippen molar-refractivity contribution < 1.29 is 29.9 Å². The molecule has 0 spiro atoms. The van der Waals surface area contributed by atoms with Crippen molar-refractivity contribution in [2.75, 3.05) is 13.2 Å². The van der Waals surface area contributed by atoms with Crippen LogP contribution in [0.25, 0.3) is 0 Å². The van der Waals surface area contributed by atoms with Crippen molar-refractivity contribution in [3.05, 3.63) is 0 Å². The van der Waals surface area contributed by atoms with Crippen molar-refractivity contribution in [2.24, 2.45) is 23.3 Å². The number of aliphatic hydroxyl groups excluding tert-OH is 1. The van der Waals surface area contributed by atoms with E-state index in [-0.39, 0.29) is 25.2 Å². The lowest BCUT2D eigenvalue weighted by Crippen LogP contribution is -2.60. The predicted molar refractivity (Wildman–Crippen MR) is 83.1 cm³/mol. The number of aliphatic carboxylic acids is 1. The number of carboxylic acid groups (broad SMARTS) is 1. The molecule has 23 heavy (non-hydrogen) atoms. The first kappa shape index (κ1) is 19.9. The van der Waals surface area contributed by atoms with Crippen LogP contribution >= 0.6 is 0 Å². The number of hydrogen-bond acceptors (Lipinski definition) is 7. The Bertz CT molecular complexity index is 425.